The quantitative estimate of drug-likeness (QED) is 0.621. The maximum Gasteiger partial charge on any atom is 0.111 e. The molecule has 1 aromatic heterocycles. The van der Waals surface area contributed by atoms with Crippen LogP contribution in [0.15, 0.2) is 18.2 Å². The van der Waals surface area contributed by atoms with E-state index < -0.39 is 0 Å². The minimum Gasteiger partial charge on any atom is -0.328 e. The third kappa shape index (κ3) is 2.13. The van der Waals surface area contributed by atoms with Crippen LogP contribution in [0.1, 0.15) is 12.7 Å². The van der Waals surface area contributed by atoms with E-state index in [-0.39, 0.29) is 0 Å². The van der Waals surface area contributed by atoms with Gasteiger partial charge >= 0.3 is 0 Å². The molecule has 0 spiro atoms. The zero-order valence-corrected chi connectivity index (χ0v) is 11.4. The summed E-state index contributed by atoms with van der Waals surface area (Å²) < 4.78 is 3.45. The number of hydrogen-bond acceptors (Lipinski definition) is 1. The van der Waals surface area contributed by atoms with Crippen molar-refractivity contribution in [3.05, 3.63) is 27.6 Å². The van der Waals surface area contributed by atoms with Crippen LogP contribution in [0.3, 0.4) is 0 Å². The van der Waals surface area contributed by atoms with Gasteiger partial charge in [0.05, 0.1) is 11.0 Å². The van der Waals surface area contributed by atoms with Gasteiger partial charge in [0.15, 0.2) is 0 Å². The fourth-order valence-electron chi connectivity index (χ4n) is 1.78. The van der Waals surface area contributed by atoms with E-state index in [9.17, 15) is 0 Å². The lowest BCUT2D eigenvalue weighted by molar-refractivity contribution is 0.727. The molecule has 0 aliphatic heterocycles. The van der Waals surface area contributed by atoms with Crippen molar-refractivity contribution in [2.45, 2.75) is 19.9 Å². The summed E-state index contributed by atoms with van der Waals surface area (Å²) in [5.74, 6) is 1.71. The SMILES string of the molecule is CCn1c(CCCl)nc2cc(I)ccc21. The van der Waals surface area contributed by atoms with E-state index in [4.69, 9.17) is 11.6 Å². The van der Waals surface area contributed by atoms with Crippen molar-refractivity contribution in [3.8, 4) is 0 Å². The molecule has 2 aromatic rings. The first-order valence-corrected chi connectivity index (χ1v) is 6.58. The normalized spacial score (nSPS) is 11.1. The van der Waals surface area contributed by atoms with Gasteiger partial charge in [-0.2, -0.15) is 0 Å². The summed E-state index contributed by atoms with van der Waals surface area (Å²) >= 11 is 8.08. The van der Waals surface area contributed by atoms with Crippen LogP contribution in [-0.4, -0.2) is 15.4 Å². The maximum atomic E-state index is 5.77. The molecular formula is C11H12ClIN2. The number of benzene rings is 1. The van der Waals surface area contributed by atoms with Gasteiger partial charge in [-0.3, -0.25) is 0 Å². The summed E-state index contributed by atoms with van der Waals surface area (Å²) in [6.45, 7) is 3.08. The average Bonchev–Trinajstić information content (AvgIpc) is 2.54. The summed E-state index contributed by atoms with van der Waals surface area (Å²) in [4.78, 5) is 4.61. The van der Waals surface area contributed by atoms with Crippen molar-refractivity contribution < 1.29 is 0 Å². The van der Waals surface area contributed by atoms with Crippen molar-refractivity contribution >= 4 is 45.2 Å². The second-order valence-corrected chi connectivity index (χ2v) is 4.97. The molecule has 1 heterocycles. The molecule has 0 aliphatic rings. The first-order chi connectivity index (χ1) is 7.26. The highest BCUT2D eigenvalue weighted by Crippen LogP contribution is 2.19. The van der Waals surface area contributed by atoms with Gasteiger partial charge < -0.3 is 4.57 Å². The van der Waals surface area contributed by atoms with Gasteiger partial charge in [-0.1, -0.05) is 0 Å². The molecule has 0 unspecified atom stereocenters. The largest absolute Gasteiger partial charge is 0.328 e. The van der Waals surface area contributed by atoms with Gasteiger partial charge in [-0.15, -0.1) is 11.6 Å². The molecule has 0 amide bonds. The number of halogens is 2. The number of alkyl halides is 1. The van der Waals surface area contributed by atoms with E-state index in [1.165, 1.54) is 9.09 Å². The van der Waals surface area contributed by atoms with Crippen molar-refractivity contribution in [1.29, 1.82) is 0 Å². The lowest BCUT2D eigenvalue weighted by atomic mass is 10.3. The molecule has 0 atom stereocenters. The molecule has 80 valence electrons. The van der Waals surface area contributed by atoms with Crippen LogP contribution in [-0.2, 0) is 13.0 Å². The fourth-order valence-corrected chi connectivity index (χ4v) is 2.42. The van der Waals surface area contributed by atoms with Crippen LogP contribution in [0.4, 0.5) is 0 Å². The third-order valence-electron chi connectivity index (χ3n) is 2.42. The monoisotopic (exact) mass is 334 g/mol. The van der Waals surface area contributed by atoms with Crippen molar-refractivity contribution in [2.75, 3.05) is 5.88 Å². The second-order valence-electron chi connectivity index (χ2n) is 3.34. The van der Waals surface area contributed by atoms with E-state index in [2.05, 4.69) is 57.3 Å². The van der Waals surface area contributed by atoms with Crippen molar-refractivity contribution in [1.82, 2.24) is 9.55 Å². The molecule has 0 aliphatic carbocycles. The zero-order chi connectivity index (χ0) is 10.8. The Bertz CT molecular complexity index is 479. The zero-order valence-electron chi connectivity index (χ0n) is 8.50. The highest BCUT2D eigenvalue weighted by Gasteiger charge is 2.08. The molecule has 0 N–H and O–H groups in total. The Morgan fingerprint density at radius 2 is 2.27 bits per heavy atom. The highest BCUT2D eigenvalue weighted by molar-refractivity contribution is 14.1. The standard InChI is InChI=1S/C11H12ClIN2/c1-2-15-10-4-3-8(13)7-9(10)14-11(15)5-6-12/h3-4,7H,2,5-6H2,1H3. The summed E-state index contributed by atoms with van der Waals surface area (Å²) in [5, 5.41) is 0. The third-order valence-corrected chi connectivity index (χ3v) is 3.28. The Morgan fingerprint density at radius 3 is 2.93 bits per heavy atom. The Balaban J connectivity index is 2.62. The van der Waals surface area contributed by atoms with Crippen molar-refractivity contribution in [3.63, 3.8) is 0 Å². The number of imidazole rings is 1. The Labute approximate surface area is 108 Å². The summed E-state index contributed by atoms with van der Waals surface area (Å²) in [5.41, 5.74) is 2.28. The molecule has 0 fully saturated rings. The minimum absolute atomic E-state index is 0.625. The van der Waals surface area contributed by atoms with Crippen LogP contribution in [0, 0.1) is 3.57 Å². The molecule has 0 saturated carbocycles. The molecular weight excluding hydrogens is 322 g/mol. The van der Waals surface area contributed by atoms with E-state index in [1.54, 1.807) is 0 Å². The first-order valence-electron chi connectivity index (χ1n) is 4.97. The first kappa shape index (κ1) is 11.2. The molecule has 0 bridgehead atoms. The predicted molar refractivity (Wildman–Crippen MR) is 72.5 cm³/mol. The van der Waals surface area contributed by atoms with Crippen LogP contribution in [0.25, 0.3) is 11.0 Å². The Hall–Kier alpha value is -0.290. The number of nitrogens with zero attached hydrogens (tertiary/aromatic N) is 2. The van der Waals surface area contributed by atoms with Crippen LogP contribution < -0.4 is 0 Å². The predicted octanol–water partition coefficient (Wildman–Crippen LogP) is 3.44. The van der Waals surface area contributed by atoms with E-state index >= 15 is 0 Å². The minimum atomic E-state index is 0.625. The smallest absolute Gasteiger partial charge is 0.111 e. The average molecular weight is 335 g/mol. The van der Waals surface area contributed by atoms with Gasteiger partial charge in [-0.05, 0) is 47.7 Å². The van der Waals surface area contributed by atoms with E-state index in [0.717, 1.165) is 24.3 Å². The molecule has 2 rings (SSSR count). The van der Waals surface area contributed by atoms with Crippen LogP contribution in [0.5, 0.6) is 0 Å². The second kappa shape index (κ2) is 4.70. The molecule has 4 heteroatoms. The maximum absolute atomic E-state index is 5.77. The Morgan fingerprint density at radius 1 is 1.47 bits per heavy atom. The molecule has 0 radical (unpaired) electrons. The summed E-state index contributed by atoms with van der Waals surface area (Å²) in [6.07, 6.45) is 0.834. The number of aromatic nitrogens is 2. The number of hydrogen-bond donors (Lipinski definition) is 0. The van der Waals surface area contributed by atoms with E-state index in [1.807, 2.05) is 0 Å². The molecule has 0 saturated heterocycles. The van der Waals surface area contributed by atoms with Gasteiger partial charge in [0.2, 0.25) is 0 Å². The van der Waals surface area contributed by atoms with Gasteiger partial charge in [0, 0.05) is 22.4 Å². The van der Waals surface area contributed by atoms with Gasteiger partial charge in [0.1, 0.15) is 5.82 Å². The topological polar surface area (TPSA) is 17.8 Å². The van der Waals surface area contributed by atoms with E-state index in [0.29, 0.717) is 5.88 Å². The Kier molecular flexibility index (Phi) is 3.51. The lowest BCUT2D eigenvalue weighted by Gasteiger charge is -2.03. The molecule has 2 nitrogen and oxygen atoms in total. The van der Waals surface area contributed by atoms with Crippen LogP contribution in [0.2, 0.25) is 0 Å². The number of aryl methyl sites for hydroxylation is 2. The summed E-state index contributed by atoms with van der Waals surface area (Å²) in [6, 6.07) is 6.35. The number of fused-ring (bicyclic) bond motifs is 1. The summed E-state index contributed by atoms with van der Waals surface area (Å²) in [7, 11) is 0. The number of rotatable bonds is 3. The fraction of sp³-hybridized carbons (Fsp3) is 0.364. The molecule has 1 aromatic carbocycles. The van der Waals surface area contributed by atoms with Crippen molar-refractivity contribution in [2.24, 2.45) is 0 Å². The van der Waals surface area contributed by atoms with Gasteiger partial charge in [-0.25, -0.2) is 4.98 Å². The lowest BCUT2D eigenvalue weighted by Crippen LogP contribution is -2.02. The van der Waals surface area contributed by atoms with Gasteiger partial charge in [0.25, 0.3) is 0 Å². The highest BCUT2D eigenvalue weighted by atomic mass is 127. The molecule has 15 heavy (non-hydrogen) atoms. The van der Waals surface area contributed by atoms with Crippen LogP contribution >= 0.6 is 34.2 Å².